The first-order valence-electron chi connectivity index (χ1n) is 5.47. The van der Waals surface area contributed by atoms with Crippen LogP contribution in [0.15, 0.2) is 37.1 Å². The molecular weight excluding hydrogens is 253 g/mol. The Bertz CT molecular complexity index is 578. The molecule has 0 unspecified atom stereocenters. The largest absolute Gasteiger partial charge is 0.326 e. The lowest BCUT2D eigenvalue weighted by molar-refractivity contribution is 0.628. The summed E-state index contributed by atoms with van der Waals surface area (Å²) >= 11 is 5.73. The van der Waals surface area contributed by atoms with Gasteiger partial charge >= 0.3 is 0 Å². The highest BCUT2D eigenvalue weighted by Crippen LogP contribution is 2.22. The number of halogens is 2. The maximum absolute atomic E-state index is 13.0. The molecule has 1 heterocycles. The van der Waals surface area contributed by atoms with Crippen LogP contribution in [-0.4, -0.2) is 9.55 Å². The predicted molar refractivity (Wildman–Crippen MR) is 71.9 cm³/mol. The summed E-state index contributed by atoms with van der Waals surface area (Å²) < 4.78 is 15.0. The van der Waals surface area contributed by atoms with Crippen molar-refractivity contribution in [3.8, 4) is 0 Å². The van der Waals surface area contributed by atoms with Gasteiger partial charge in [-0.3, -0.25) is 0 Å². The summed E-state index contributed by atoms with van der Waals surface area (Å²) in [5.74, 6) is 0.239. The molecule has 0 saturated heterocycles. The number of imidazole rings is 1. The van der Waals surface area contributed by atoms with Gasteiger partial charge in [0.25, 0.3) is 0 Å². The fourth-order valence-electron chi connectivity index (χ4n) is 1.63. The van der Waals surface area contributed by atoms with E-state index < -0.39 is 5.82 Å². The number of aromatic nitrogens is 2. The van der Waals surface area contributed by atoms with Crippen molar-refractivity contribution >= 4 is 23.2 Å². The topological polar surface area (TPSA) is 29.9 Å². The fourth-order valence-corrected chi connectivity index (χ4v) is 1.81. The maximum atomic E-state index is 13.0. The van der Waals surface area contributed by atoms with Crippen molar-refractivity contribution in [3.05, 3.63) is 53.6 Å². The second-order valence-corrected chi connectivity index (χ2v) is 4.31. The van der Waals surface area contributed by atoms with Crippen molar-refractivity contribution in [1.29, 1.82) is 0 Å². The second kappa shape index (κ2) is 5.23. The van der Waals surface area contributed by atoms with E-state index in [0.717, 1.165) is 5.69 Å². The lowest BCUT2D eigenvalue weighted by Gasteiger charge is -2.08. The lowest BCUT2D eigenvalue weighted by atomic mass is 10.3. The number of hydrogen-bond acceptors (Lipinski definition) is 2. The molecule has 3 nitrogen and oxygen atoms in total. The molecule has 1 N–H and O–H groups in total. The minimum Gasteiger partial charge on any atom is -0.326 e. The third-order valence-corrected chi connectivity index (χ3v) is 2.69. The Hall–Kier alpha value is -1.81. The summed E-state index contributed by atoms with van der Waals surface area (Å²) in [6.45, 7) is 6.25. The Morgan fingerprint density at radius 3 is 3.00 bits per heavy atom. The fraction of sp³-hybridized carbons (Fsp3) is 0.154. The number of hydrogen-bond donors (Lipinski definition) is 1. The van der Waals surface area contributed by atoms with Gasteiger partial charge in [-0.1, -0.05) is 17.7 Å². The zero-order valence-electron chi connectivity index (χ0n) is 9.95. The minimum absolute atomic E-state index is 0.0820. The Morgan fingerprint density at radius 1 is 1.56 bits per heavy atom. The molecule has 0 saturated carbocycles. The molecule has 0 spiro atoms. The standard InChI is InChI=1S/C13H13ClFN3/c1-3-6-18-8-9(2)16-13(18)17-10-4-5-12(15)11(14)7-10/h3-5,7-8H,1,6H2,2H3,(H,16,17). The van der Waals surface area contributed by atoms with Gasteiger partial charge in [-0.25, -0.2) is 9.37 Å². The smallest absolute Gasteiger partial charge is 0.207 e. The van der Waals surface area contributed by atoms with Crippen LogP contribution in [0.3, 0.4) is 0 Å². The maximum Gasteiger partial charge on any atom is 0.207 e. The normalized spacial score (nSPS) is 10.4. The number of benzene rings is 1. The van der Waals surface area contributed by atoms with E-state index in [-0.39, 0.29) is 5.02 Å². The van der Waals surface area contributed by atoms with Crippen molar-refractivity contribution in [2.24, 2.45) is 0 Å². The van der Waals surface area contributed by atoms with Crippen LogP contribution in [-0.2, 0) is 6.54 Å². The molecular formula is C13H13ClFN3. The van der Waals surface area contributed by atoms with Crippen LogP contribution in [0, 0.1) is 12.7 Å². The molecule has 0 aliphatic heterocycles. The molecule has 1 aromatic heterocycles. The van der Waals surface area contributed by atoms with E-state index in [0.29, 0.717) is 18.2 Å². The summed E-state index contributed by atoms with van der Waals surface area (Å²) in [5.41, 5.74) is 1.59. The molecule has 0 aliphatic carbocycles. The van der Waals surface area contributed by atoms with Crippen LogP contribution < -0.4 is 5.32 Å². The molecule has 18 heavy (non-hydrogen) atoms. The van der Waals surface area contributed by atoms with Gasteiger partial charge in [0.2, 0.25) is 5.95 Å². The monoisotopic (exact) mass is 265 g/mol. The Morgan fingerprint density at radius 2 is 2.33 bits per heavy atom. The molecule has 0 fully saturated rings. The minimum atomic E-state index is -0.437. The Kier molecular flexibility index (Phi) is 3.67. The summed E-state index contributed by atoms with van der Waals surface area (Å²) in [5, 5.41) is 3.18. The van der Waals surface area contributed by atoms with Gasteiger partial charge in [-0.15, -0.1) is 6.58 Å². The molecule has 0 bridgehead atoms. The van der Waals surface area contributed by atoms with Crippen LogP contribution in [0.1, 0.15) is 5.69 Å². The highest BCUT2D eigenvalue weighted by atomic mass is 35.5. The van der Waals surface area contributed by atoms with Crippen LogP contribution in [0.4, 0.5) is 16.0 Å². The first-order valence-corrected chi connectivity index (χ1v) is 5.84. The number of allylic oxidation sites excluding steroid dienone is 1. The molecule has 94 valence electrons. The van der Waals surface area contributed by atoms with E-state index in [9.17, 15) is 4.39 Å². The van der Waals surface area contributed by atoms with Gasteiger partial charge < -0.3 is 9.88 Å². The molecule has 1 aromatic carbocycles. The van der Waals surface area contributed by atoms with Gasteiger partial charge in [0, 0.05) is 18.4 Å². The first kappa shape index (κ1) is 12.6. The summed E-state index contributed by atoms with van der Waals surface area (Å²) in [6, 6.07) is 4.46. The molecule has 0 radical (unpaired) electrons. The molecule has 0 atom stereocenters. The van der Waals surface area contributed by atoms with E-state index >= 15 is 0 Å². The number of rotatable bonds is 4. The van der Waals surface area contributed by atoms with E-state index in [1.165, 1.54) is 12.1 Å². The van der Waals surface area contributed by atoms with E-state index in [4.69, 9.17) is 11.6 Å². The summed E-state index contributed by atoms with van der Waals surface area (Å²) in [7, 11) is 0. The number of nitrogens with one attached hydrogen (secondary N) is 1. The zero-order chi connectivity index (χ0) is 13.1. The van der Waals surface area contributed by atoms with Crippen molar-refractivity contribution in [3.63, 3.8) is 0 Å². The van der Waals surface area contributed by atoms with Crippen LogP contribution in [0.2, 0.25) is 5.02 Å². The summed E-state index contributed by atoms with van der Waals surface area (Å²) in [4.78, 5) is 4.34. The van der Waals surface area contributed by atoms with Crippen LogP contribution in [0.25, 0.3) is 0 Å². The third kappa shape index (κ3) is 2.71. The molecule has 0 amide bonds. The Balaban J connectivity index is 2.27. The predicted octanol–water partition coefficient (Wildman–Crippen LogP) is 3.91. The van der Waals surface area contributed by atoms with Gasteiger partial charge in [-0.05, 0) is 25.1 Å². The Labute approximate surface area is 110 Å². The third-order valence-electron chi connectivity index (χ3n) is 2.40. The molecule has 5 heteroatoms. The van der Waals surface area contributed by atoms with Gasteiger partial charge in [-0.2, -0.15) is 0 Å². The van der Waals surface area contributed by atoms with E-state index in [2.05, 4.69) is 16.9 Å². The van der Waals surface area contributed by atoms with Gasteiger partial charge in [0.05, 0.1) is 10.7 Å². The summed E-state index contributed by atoms with van der Waals surface area (Å²) in [6.07, 6.45) is 3.69. The molecule has 2 aromatic rings. The molecule has 0 aliphatic rings. The highest BCUT2D eigenvalue weighted by Gasteiger charge is 2.06. The lowest BCUT2D eigenvalue weighted by Crippen LogP contribution is -2.01. The number of aryl methyl sites for hydroxylation is 1. The number of nitrogens with zero attached hydrogens (tertiary/aromatic N) is 2. The average molecular weight is 266 g/mol. The van der Waals surface area contributed by atoms with Crippen LogP contribution in [0.5, 0.6) is 0 Å². The van der Waals surface area contributed by atoms with Crippen molar-refractivity contribution < 1.29 is 4.39 Å². The second-order valence-electron chi connectivity index (χ2n) is 3.90. The van der Waals surface area contributed by atoms with Crippen molar-refractivity contribution in [2.45, 2.75) is 13.5 Å². The highest BCUT2D eigenvalue weighted by molar-refractivity contribution is 6.31. The van der Waals surface area contributed by atoms with E-state index in [1.54, 1.807) is 12.1 Å². The zero-order valence-corrected chi connectivity index (χ0v) is 10.7. The van der Waals surface area contributed by atoms with Crippen LogP contribution >= 0.6 is 11.6 Å². The van der Waals surface area contributed by atoms with Gasteiger partial charge in [0.15, 0.2) is 0 Å². The quantitative estimate of drug-likeness (QED) is 0.850. The van der Waals surface area contributed by atoms with Crippen molar-refractivity contribution in [1.82, 2.24) is 9.55 Å². The van der Waals surface area contributed by atoms with E-state index in [1.807, 2.05) is 17.7 Å². The number of anilines is 2. The first-order chi connectivity index (χ1) is 8.60. The average Bonchev–Trinajstić information content (AvgIpc) is 2.65. The SMILES string of the molecule is C=CCn1cc(C)nc1Nc1ccc(F)c(Cl)c1. The van der Waals surface area contributed by atoms with Gasteiger partial charge in [0.1, 0.15) is 5.82 Å². The van der Waals surface area contributed by atoms with Crippen molar-refractivity contribution in [2.75, 3.05) is 5.32 Å². The molecule has 2 rings (SSSR count).